The van der Waals surface area contributed by atoms with E-state index in [1.807, 2.05) is 6.07 Å². The van der Waals surface area contributed by atoms with Gasteiger partial charge < -0.3 is 19.7 Å². The Labute approximate surface area is 114 Å². The lowest BCUT2D eigenvalue weighted by atomic mass is 10.0. The van der Waals surface area contributed by atoms with E-state index in [4.69, 9.17) is 9.47 Å². The highest BCUT2D eigenvalue weighted by atomic mass is 16.5. The number of nitrogens with one attached hydrogen (secondary N) is 1. The maximum Gasteiger partial charge on any atom is 0.144 e. The first-order chi connectivity index (χ1) is 9.31. The van der Waals surface area contributed by atoms with E-state index < -0.39 is 0 Å². The molecule has 1 saturated heterocycles. The lowest BCUT2D eigenvalue weighted by Gasteiger charge is -2.27. The third kappa shape index (κ3) is 2.25. The molecule has 1 N–H and O–H groups in total. The van der Waals surface area contributed by atoms with Gasteiger partial charge in [0.1, 0.15) is 11.4 Å². The van der Waals surface area contributed by atoms with Gasteiger partial charge in [0.05, 0.1) is 31.5 Å². The molecule has 3 rings (SSSR count). The van der Waals surface area contributed by atoms with Gasteiger partial charge in [-0.2, -0.15) is 0 Å². The summed E-state index contributed by atoms with van der Waals surface area (Å²) in [5.41, 5.74) is 2.35. The highest BCUT2D eigenvalue weighted by Gasteiger charge is 2.35. The first-order valence-corrected chi connectivity index (χ1v) is 7.11. The molecule has 2 atom stereocenters. The van der Waals surface area contributed by atoms with Crippen LogP contribution in [0.5, 0.6) is 5.75 Å². The van der Waals surface area contributed by atoms with Crippen molar-refractivity contribution < 1.29 is 9.47 Å². The van der Waals surface area contributed by atoms with E-state index in [-0.39, 0.29) is 0 Å². The zero-order chi connectivity index (χ0) is 13.2. The molecule has 0 amide bonds. The van der Waals surface area contributed by atoms with Crippen molar-refractivity contribution in [1.29, 1.82) is 0 Å². The number of rotatable bonds is 3. The zero-order valence-electron chi connectivity index (χ0n) is 11.7. The molecule has 4 heteroatoms. The molecule has 0 saturated carbocycles. The number of hydrogen-bond donors (Lipinski definition) is 1. The molecule has 0 radical (unpaired) electrons. The third-order valence-electron chi connectivity index (χ3n) is 4.05. The van der Waals surface area contributed by atoms with Gasteiger partial charge in [0, 0.05) is 19.5 Å². The number of benzene rings is 1. The molecule has 0 spiro atoms. The standard InChI is InChI=1S/C15H22N2O2/c1-3-7-19-14-6-4-5-12-15(14)16-8-11-9-18-10-13(11)17(12)2/h4-6,11,13,16H,3,7-10H2,1-2H3. The van der Waals surface area contributed by atoms with Crippen LogP contribution in [0, 0.1) is 5.92 Å². The molecule has 4 nitrogen and oxygen atoms in total. The molecule has 19 heavy (non-hydrogen) atoms. The Balaban J connectivity index is 1.93. The Hall–Kier alpha value is -1.42. The van der Waals surface area contributed by atoms with Crippen molar-refractivity contribution in [3.63, 3.8) is 0 Å². The molecule has 2 aliphatic heterocycles. The van der Waals surface area contributed by atoms with E-state index in [1.165, 1.54) is 5.69 Å². The SMILES string of the molecule is CCCOc1cccc2c1NCC1COCC1N2C. The molecule has 1 aromatic carbocycles. The van der Waals surface area contributed by atoms with E-state index in [0.29, 0.717) is 12.0 Å². The smallest absolute Gasteiger partial charge is 0.144 e. The average molecular weight is 262 g/mol. The van der Waals surface area contributed by atoms with E-state index in [1.54, 1.807) is 0 Å². The second kappa shape index (κ2) is 5.29. The van der Waals surface area contributed by atoms with Gasteiger partial charge in [-0.1, -0.05) is 13.0 Å². The third-order valence-corrected chi connectivity index (χ3v) is 4.05. The minimum absolute atomic E-state index is 0.468. The summed E-state index contributed by atoms with van der Waals surface area (Å²) in [6.07, 6.45) is 1.03. The molecule has 2 aliphatic rings. The van der Waals surface area contributed by atoms with Crippen LogP contribution in [0.25, 0.3) is 0 Å². The van der Waals surface area contributed by atoms with Crippen molar-refractivity contribution in [2.45, 2.75) is 19.4 Å². The number of hydrogen-bond acceptors (Lipinski definition) is 4. The summed E-state index contributed by atoms with van der Waals surface area (Å²) in [4.78, 5) is 2.34. The number of ether oxygens (including phenoxy) is 2. The van der Waals surface area contributed by atoms with Crippen LogP contribution in [-0.2, 0) is 4.74 Å². The van der Waals surface area contributed by atoms with Gasteiger partial charge in [-0.25, -0.2) is 0 Å². The monoisotopic (exact) mass is 262 g/mol. The van der Waals surface area contributed by atoms with Gasteiger partial charge in [0.25, 0.3) is 0 Å². The van der Waals surface area contributed by atoms with Crippen LogP contribution in [-0.4, -0.2) is 39.5 Å². The van der Waals surface area contributed by atoms with Crippen LogP contribution in [0.4, 0.5) is 11.4 Å². The average Bonchev–Trinajstić information content (AvgIpc) is 2.85. The predicted molar refractivity (Wildman–Crippen MR) is 77.2 cm³/mol. The highest BCUT2D eigenvalue weighted by molar-refractivity contribution is 5.77. The van der Waals surface area contributed by atoms with Crippen LogP contribution in [0.2, 0.25) is 0 Å². The van der Waals surface area contributed by atoms with E-state index in [2.05, 4.69) is 36.3 Å². The van der Waals surface area contributed by atoms with Crippen molar-refractivity contribution in [2.75, 3.05) is 43.6 Å². The minimum Gasteiger partial charge on any atom is -0.491 e. The van der Waals surface area contributed by atoms with Crippen molar-refractivity contribution in [2.24, 2.45) is 5.92 Å². The summed E-state index contributed by atoms with van der Waals surface area (Å²) in [6, 6.07) is 6.74. The predicted octanol–water partition coefficient (Wildman–Crippen LogP) is 2.35. The van der Waals surface area contributed by atoms with Crippen LogP contribution in [0.15, 0.2) is 18.2 Å². The Bertz CT molecular complexity index is 450. The second-order valence-electron chi connectivity index (χ2n) is 5.36. The molecular weight excluding hydrogens is 240 g/mol. The summed E-state index contributed by atoms with van der Waals surface area (Å²) in [7, 11) is 2.15. The van der Waals surface area contributed by atoms with Crippen molar-refractivity contribution in [3.8, 4) is 5.75 Å². The van der Waals surface area contributed by atoms with Crippen LogP contribution in [0.1, 0.15) is 13.3 Å². The quantitative estimate of drug-likeness (QED) is 0.906. The van der Waals surface area contributed by atoms with E-state index >= 15 is 0 Å². The van der Waals surface area contributed by atoms with Gasteiger partial charge in [0.15, 0.2) is 0 Å². The molecule has 1 aromatic rings. The second-order valence-corrected chi connectivity index (χ2v) is 5.36. The van der Waals surface area contributed by atoms with E-state index in [0.717, 1.165) is 44.2 Å². The zero-order valence-corrected chi connectivity index (χ0v) is 11.7. The van der Waals surface area contributed by atoms with Gasteiger partial charge in [-0.15, -0.1) is 0 Å². The van der Waals surface area contributed by atoms with Crippen LogP contribution < -0.4 is 15.0 Å². The Morgan fingerprint density at radius 3 is 3.16 bits per heavy atom. The summed E-state index contributed by atoms with van der Waals surface area (Å²) >= 11 is 0. The fraction of sp³-hybridized carbons (Fsp3) is 0.600. The van der Waals surface area contributed by atoms with Crippen LogP contribution >= 0.6 is 0 Å². The fourth-order valence-electron chi connectivity index (χ4n) is 2.95. The first kappa shape index (κ1) is 12.6. The van der Waals surface area contributed by atoms with Crippen molar-refractivity contribution >= 4 is 11.4 Å². The van der Waals surface area contributed by atoms with Crippen LogP contribution in [0.3, 0.4) is 0 Å². The molecular formula is C15H22N2O2. The van der Waals surface area contributed by atoms with Gasteiger partial charge in [-0.3, -0.25) is 0 Å². The number of likely N-dealkylation sites (N-methyl/N-ethyl adjacent to an activating group) is 1. The molecule has 2 unspecified atom stereocenters. The van der Waals surface area contributed by atoms with Gasteiger partial charge in [-0.05, 0) is 18.6 Å². The van der Waals surface area contributed by atoms with Crippen molar-refractivity contribution in [1.82, 2.24) is 0 Å². The molecule has 1 fully saturated rings. The lowest BCUT2D eigenvalue weighted by Crippen LogP contribution is -2.37. The summed E-state index contributed by atoms with van der Waals surface area (Å²) in [6.45, 7) is 5.51. The van der Waals surface area contributed by atoms with Gasteiger partial charge in [0.2, 0.25) is 0 Å². The summed E-state index contributed by atoms with van der Waals surface area (Å²) in [5, 5.41) is 3.56. The highest BCUT2D eigenvalue weighted by Crippen LogP contribution is 2.39. The summed E-state index contributed by atoms with van der Waals surface area (Å²) < 4.78 is 11.5. The Kier molecular flexibility index (Phi) is 3.51. The number of anilines is 2. The summed E-state index contributed by atoms with van der Waals surface area (Å²) in [5.74, 6) is 1.52. The van der Waals surface area contributed by atoms with E-state index in [9.17, 15) is 0 Å². The molecule has 2 heterocycles. The Morgan fingerprint density at radius 2 is 2.32 bits per heavy atom. The molecule has 0 aromatic heterocycles. The normalized spacial score (nSPS) is 25.3. The maximum atomic E-state index is 5.86. The number of nitrogens with zero attached hydrogens (tertiary/aromatic N) is 1. The number of fused-ring (bicyclic) bond motifs is 2. The molecule has 0 aliphatic carbocycles. The largest absolute Gasteiger partial charge is 0.491 e. The topological polar surface area (TPSA) is 33.7 Å². The van der Waals surface area contributed by atoms with Crippen molar-refractivity contribution in [3.05, 3.63) is 18.2 Å². The molecule has 104 valence electrons. The first-order valence-electron chi connectivity index (χ1n) is 7.11. The van der Waals surface area contributed by atoms with Gasteiger partial charge >= 0.3 is 0 Å². The number of para-hydroxylation sites is 1. The molecule has 0 bridgehead atoms. The minimum atomic E-state index is 0.468. The lowest BCUT2D eigenvalue weighted by molar-refractivity contribution is 0.185. The fourth-order valence-corrected chi connectivity index (χ4v) is 2.95. The Morgan fingerprint density at radius 1 is 1.42 bits per heavy atom. The maximum absolute atomic E-state index is 5.86.